The average Bonchev–Trinajstić information content (AvgIpc) is 2.92. The van der Waals surface area contributed by atoms with Crippen LogP contribution in [0.3, 0.4) is 0 Å². The van der Waals surface area contributed by atoms with Crippen molar-refractivity contribution in [1.82, 2.24) is 0 Å². The third-order valence-electron chi connectivity index (χ3n) is 6.47. The summed E-state index contributed by atoms with van der Waals surface area (Å²) in [4.78, 5) is 0. The molecule has 2 aliphatic rings. The van der Waals surface area contributed by atoms with Gasteiger partial charge in [-0.25, -0.2) is 0 Å². The molecule has 0 amide bonds. The van der Waals surface area contributed by atoms with Gasteiger partial charge in [-0.3, -0.25) is 0 Å². The molecular formula is C22H34Cl2Zr. The molecule has 0 N–H and O–H groups in total. The monoisotopic (exact) mass is 458 g/mol. The van der Waals surface area contributed by atoms with Crippen LogP contribution in [-0.4, -0.2) is 0 Å². The first kappa shape index (κ1) is 25.4. The Morgan fingerprint density at radius 3 is 1.24 bits per heavy atom. The minimum atomic E-state index is -0.734. The van der Waals surface area contributed by atoms with Crippen molar-refractivity contribution in [2.75, 3.05) is 0 Å². The van der Waals surface area contributed by atoms with Crippen LogP contribution in [0.2, 0.25) is 6.25 Å². The molecule has 0 fully saturated rings. The molecule has 0 aliphatic heterocycles. The number of hydrogen-bond donors (Lipinski definition) is 0. The van der Waals surface area contributed by atoms with Crippen LogP contribution in [-0.2, 0) is 23.2 Å². The fourth-order valence-corrected chi connectivity index (χ4v) is 10.7. The molecule has 0 aromatic rings. The SMILES string of the molecule is CCC1=CC(CC)=C(C)[C]1(C)[Zr+2][C]1(C)C(CC)=CC(CC)=C1C.[Cl-].[Cl-]. The van der Waals surface area contributed by atoms with Gasteiger partial charge in [-0.05, 0) is 0 Å². The van der Waals surface area contributed by atoms with Crippen molar-refractivity contribution < 1.29 is 48.0 Å². The maximum Gasteiger partial charge on any atom is -1.00 e. The zero-order valence-corrected chi connectivity index (χ0v) is 21.2. The fourth-order valence-electron chi connectivity index (χ4n) is 4.54. The van der Waals surface area contributed by atoms with Gasteiger partial charge in [-0.2, -0.15) is 0 Å². The first-order chi connectivity index (χ1) is 10.8. The Balaban J connectivity index is 0.00000288. The summed E-state index contributed by atoms with van der Waals surface area (Å²) in [6.07, 6.45) is 9.89. The van der Waals surface area contributed by atoms with E-state index in [1.54, 1.807) is 33.4 Å². The normalized spacial score (nSPS) is 28.3. The average molecular weight is 461 g/mol. The third kappa shape index (κ3) is 4.15. The Labute approximate surface area is 180 Å². The molecule has 2 aliphatic carbocycles. The molecule has 2 atom stereocenters. The third-order valence-corrected chi connectivity index (χ3v) is 12.3. The zero-order chi connectivity index (χ0) is 17.4. The van der Waals surface area contributed by atoms with E-state index in [-0.39, 0.29) is 24.8 Å². The largest absolute Gasteiger partial charge is 1.00 e. The summed E-state index contributed by atoms with van der Waals surface area (Å²) < 4.78 is 0.799. The molecule has 0 nitrogen and oxygen atoms in total. The number of rotatable bonds is 6. The van der Waals surface area contributed by atoms with Crippen molar-refractivity contribution in [2.45, 2.75) is 87.3 Å². The minimum absolute atomic E-state index is 0. The maximum absolute atomic E-state index is 2.57. The van der Waals surface area contributed by atoms with Crippen molar-refractivity contribution in [2.24, 2.45) is 0 Å². The van der Waals surface area contributed by atoms with Gasteiger partial charge in [0.2, 0.25) is 0 Å². The molecule has 0 spiro atoms. The van der Waals surface area contributed by atoms with Crippen LogP contribution in [0.1, 0.15) is 81.1 Å². The summed E-state index contributed by atoms with van der Waals surface area (Å²) in [7, 11) is 0. The molecule has 3 heteroatoms. The molecule has 25 heavy (non-hydrogen) atoms. The molecule has 0 saturated carbocycles. The van der Waals surface area contributed by atoms with Crippen molar-refractivity contribution in [3.63, 3.8) is 0 Å². The van der Waals surface area contributed by atoms with Crippen LogP contribution >= 0.6 is 0 Å². The maximum atomic E-state index is 2.57. The van der Waals surface area contributed by atoms with Gasteiger partial charge in [0.1, 0.15) is 0 Å². The van der Waals surface area contributed by atoms with E-state index >= 15 is 0 Å². The van der Waals surface area contributed by atoms with Gasteiger partial charge in [-0.1, -0.05) is 0 Å². The smallest absolute Gasteiger partial charge is 1.00 e. The van der Waals surface area contributed by atoms with Gasteiger partial charge in [0, 0.05) is 0 Å². The Kier molecular flexibility index (Phi) is 9.73. The Bertz CT molecular complexity index is 570. The van der Waals surface area contributed by atoms with E-state index in [4.69, 9.17) is 0 Å². The van der Waals surface area contributed by atoms with E-state index < -0.39 is 23.2 Å². The van der Waals surface area contributed by atoms with Gasteiger partial charge in [0.15, 0.2) is 0 Å². The first-order valence-corrected chi connectivity index (χ1v) is 11.9. The van der Waals surface area contributed by atoms with E-state index in [9.17, 15) is 0 Å². The molecule has 0 aromatic heterocycles. The van der Waals surface area contributed by atoms with Crippen LogP contribution in [0.5, 0.6) is 0 Å². The van der Waals surface area contributed by atoms with Crippen LogP contribution in [0.4, 0.5) is 0 Å². The van der Waals surface area contributed by atoms with E-state index in [0.29, 0.717) is 6.25 Å². The fraction of sp³-hybridized carbons (Fsp3) is 0.636. The van der Waals surface area contributed by atoms with E-state index in [1.807, 2.05) is 0 Å². The quantitative estimate of drug-likeness (QED) is 0.565. The first-order valence-electron chi connectivity index (χ1n) is 9.40. The molecular weight excluding hydrogens is 426 g/mol. The molecule has 0 aromatic carbocycles. The van der Waals surface area contributed by atoms with Crippen molar-refractivity contribution in [1.29, 1.82) is 0 Å². The summed E-state index contributed by atoms with van der Waals surface area (Å²) in [6, 6.07) is 0. The summed E-state index contributed by atoms with van der Waals surface area (Å²) in [5.41, 5.74) is 10.0. The molecule has 0 saturated heterocycles. The van der Waals surface area contributed by atoms with Crippen LogP contribution in [0.25, 0.3) is 0 Å². The van der Waals surface area contributed by atoms with E-state index in [2.05, 4.69) is 67.5 Å². The minimum Gasteiger partial charge on any atom is -1.00 e. The topological polar surface area (TPSA) is 0 Å². The predicted octanol–water partition coefficient (Wildman–Crippen LogP) is 1.59. The molecule has 2 unspecified atom stereocenters. The molecule has 2 rings (SSSR count). The number of halogens is 2. The van der Waals surface area contributed by atoms with Gasteiger partial charge < -0.3 is 24.8 Å². The summed E-state index contributed by atoms with van der Waals surface area (Å²) in [6.45, 7) is 19.3. The van der Waals surface area contributed by atoms with E-state index in [0.717, 1.165) is 0 Å². The van der Waals surface area contributed by atoms with Gasteiger partial charge in [-0.15, -0.1) is 0 Å². The van der Waals surface area contributed by atoms with E-state index in [1.165, 1.54) is 25.7 Å². The zero-order valence-electron chi connectivity index (χ0n) is 17.2. The van der Waals surface area contributed by atoms with Crippen LogP contribution in [0, 0.1) is 0 Å². The van der Waals surface area contributed by atoms with Gasteiger partial charge >= 0.3 is 156 Å². The van der Waals surface area contributed by atoms with Crippen molar-refractivity contribution in [3.8, 4) is 0 Å². The Morgan fingerprint density at radius 1 is 0.680 bits per heavy atom. The molecule has 0 radical (unpaired) electrons. The summed E-state index contributed by atoms with van der Waals surface area (Å²) in [5, 5.41) is 0. The summed E-state index contributed by atoms with van der Waals surface area (Å²) in [5.74, 6) is 0. The molecule has 0 bridgehead atoms. The van der Waals surface area contributed by atoms with Crippen molar-refractivity contribution >= 4 is 0 Å². The van der Waals surface area contributed by atoms with Gasteiger partial charge in [0.25, 0.3) is 0 Å². The van der Waals surface area contributed by atoms with Crippen molar-refractivity contribution in [3.05, 3.63) is 45.6 Å². The van der Waals surface area contributed by atoms with Gasteiger partial charge in [0.05, 0.1) is 0 Å². The van der Waals surface area contributed by atoms with Crippen LogP contribution in [0.15, 0.2) is 45.6 Å². The standard InChI is InChI=1S/2C11H17.2ClH.Zr/c2*1-5-10-7-11(6-2)9(4)8(10)3;;;/h2*7H,5-6H2,1-4H3;2*1H;/q;;;;+2/p-2. The predicted molar refractivity (Wildman–Crippen MR) is 99.5 cm³/mol. The second-order valence-electron chi connectivity index (χ2n) is 7.43. The van der Waals surface area contributed by atoms with Crippen LogP contribution < -0.4 is 24.8 Å². The second kappa shape index (κ2) is 9.57. The second-order valence-corrected chi connectivity index (χ2v) is 13.0. The Hall–Kier alpha value is 0.423. The number of allylic oxidation sites excluding steroid dienone is 8. The Morgan fingerprint density at radius 2 is 1.00 bits per heavy atom. The molecule has 140 valence electrons. The number of hydrogen-bond acceptors (Lipinski definition) is 0. The summed E-state index contributed by atoms with van der Waals surface area (Å²) >= 11 is -0.734. The molecule has 0 heterocycles.